The van der Waals surface area contributed by atoms with E-state index in [2.05, 4.69) is 23.3 Å². The van der Waals surface area contributed by atoms with Crippen molar-refractivity contribution in [1.29, 1.82) is 0 Å². The quantitative estimate of drug-likeness (QED) is 0.479. The number of hydrogen-bond acceptors (Lipinski definition) is 3. The lowest BCUT2D eigenvalue weighted by Gasteiger charge is -2.05. The molecule has 0 aromatic heterocycles. The van der Waals surface area contributed by atoms with E-state index in [0.29, 0.717) is 11.8 Å². The van der Waals surface area contributed by atoms with Gasteiger partial charge in [0, 0.05) is 12.3 Å². The van der Waals surface area contributed by atoms with Gasteiger partial charge in [-0.15, -0.1) is 0 Å². The molecule has 1 aliphatic rings. The van der Waals surface area contributed by atoms with Gasteiger partial charge < -0.3 is 4.74 Å². The van der Waals surface area contributed by atoms with Crippen LogP contribution in [0.5, 0.6) is 0 Å². The molecular formula is C6H6N2O. The van der Waals surface area contributed by atoms with E-state index in [-0.39, 0.29) is 0 Å². The maximum Gasteiger partial charge on any atom is 0.222 e. The van der Waals surface area contributed by atoms with Crippen LogP contribution in [-0.2, 0) is 4.74 Å². The van der Waals surface area contributed by atoms with Gasteiger partial charge in [-0.05, 0) is 13.3 Å². The third-order valence-corrected chi connectivity index (χ3v) is 0.814. The van der Waals surface area contributed by atoms with Crippen molar-refractivity contribution < 1.29 is 4.74 Å². The highest BCUT2D eigenvalue weighted by atomic mass is 16.5. The Balaban J connectivity index is 2.76. The highest BCUT2D eigenvalue weighted by Crippen LogP contribution is 2.08. The molecule has 0 unspecified atom stereocenters. The van der Waals surface area contributed by atoms with Crippen LogP contribution in [-0.4, -0.2) is 12.9 Å². The van der Waals surface area contributed by atoms with Gasteiger partial charge in [0.15, 0.2) is 0 Å². The molecule has 0 atom stereocenters. The van der Waals surface area contributed by atoms with Gasteiger partial charge in [0.1, 0.15) is 0 Å². The molecule has 0 spiro atoms. The average molecular weight is 122 g/mol. The van der Waals surface area contributed by atoms with Gasteiger partial charge in [0.2, 0.25) is 11.8 Å². The highest BCUT2D eigenvalue weighted by Gasteiger charge is 1.98. The molecule has 9 heavy (non-hydrogen) atoms. The Morgan fingerprint density at radius 2 is 2.44 bits per heavy atom. The third-order valence-electron chi connectivity index (χ3n) is 0.814. The number of nitrogens with zero attached hydrogens (tertiary/aromatic N) is 2. The third kappa shape index (κ3) is 1.25. The van der Waals surface area contributed by atoms with E-state index in [9.17, 15) is 0 Å². The molecule has 46 valence electrons. The number of hydrogen-bond donors (Lipinski definition) is 0. The normalized spacial score (nSPS) is 16.4. The zero-order chi connectivity index (χ0) is 6.69. The first kappa shape index (κ1) is 5.75. The van der Waals surface area contributed by atoms with Gasteiger partial charge in [0.25, 0.3) is 0 Å². The molecule has 0 aromatic rings. The Morgan fingerprint density at radius 3 is 2.89 bits per heavy atom. The second-order valence-electron chi connectivity index (χ2n) is 1.44. The van der Waals surface area contributed by atoms with Crippen molar-refractivity contribution in [2.75, 3.05) is 0 Å². The minimum atomic E-state index is 0.347. The van der Waals surface area contributed by atoms with Crippen LogP contribution in [0.4, 0.5) is 0 Å². The van der Waals surface area contributed by atoms with E-state index in [1.807, 2.05) is 0 Å². The van der Waals surface area contributed by atoms with E-state index in [1.165, 1.54) is 0 Å². The molecule has 3 heteroatoms. The maximum absolute atomic E-state index is 4.88. The lowest BCUT2D eigenvalue weighted by molar-refractivity contribution is 0.299. The first-order valence-corrected chi connectivity index (χ1v) is 2.41. The molecule has 0 saturated heterocycles. The Hall–Kier alpha value is -1.38. The molecule has 1 heterocycles. The van der Waals surface area contributed by atoms with Crippen molar-refractivity contribution >= 4 is 12.9 Å². The van der Waals surface area contributed by atoms with Crippen LogP contribution in [0.15, 0.2) is 34.4 Å². The molecule has 0 aliphatic carbocycles. The predicted molar refractivity (Wildman–Crippen MR) is 36.3 cm³/mol. The first-order valence-electron chi connectivity index (χ1n) is 2.41. The first-order chi connectivity index (χ1) is 4.33. The summed E-state index contributed by atoms with van der Waals surface area (Å²) in [5.74, 6) is 0.787. The predicted octanol–water partition coefficient (Wildman–Crippen LogP) is 1.10. The van der Waals surface area contributed by atoms with E-state index in [4.69, 9.17) is 4.74 Å². The van der Waals surface area contributed by atoms with E-state index in [1.54, 1.807) is 12.3 Å². The van der Waals surface area contributed by atoms with Gasteiger partial charge in [-0.25, -0.2) is 9.98 Å². The molecule has 0 saturated carbocycles. The van der Waals surface area contributed by atoms with Crippen molar-refractivity contribution in [1.82, 2.24) is 0 Å². The molecule has 3 nitrogen and oxygen atoms in total. The van der Waals surface area contributed by atoms with Crippen LogP contribution in [0, 0.1) is 0 Å². The standard InChI is InChI=1S/C6H6N2O/c1-5-8-4-3-6(7-2)9-5/h3-4H,1-2H2. The second kappa shape index (κ2) is 2.26. The molecule has 0 amide bonds. The van der Waals surface area contributed by atoms with Crippen molar-refractivity contribution in [2.45, 2.75) is 0 Å². The van der Waals surface area contributed by atoms with Crippen molar-refractivity contribution in [3.05, 3.63) is 24.4 Å². The zero-order valence-electron chi connectivity index (χ0n) is 4.87. The second-order valence-corrected chi connectivity index (χ2v) is 1.44. The van der Waals surface area contributed by atoms with Crippen LogP contribution in [0.2, 0.25) is 0 Å². The monoisotopic (exact) mass is 122 g/mol. The number of rotatable bonds is 1. The number of ether oxygens (including phenoxy) is 1. The largest absolute Gasteiger partial charge is 0.421 e. The molecule has 0 bridgehead atoms. The fourth-order valence-corrected chi connectivity index (χ4v) is 0.450. The zero-order valence-corrected chi connectivity index (χ0v) is 4.87. The average Bonchev–Trinajstić information content (AvgIpc) is 1.88. The molecule has 0 radical (unpaired) electrons. The van der Waals surface area contributed by atoms with Crippen LogP contribution in [0.1, 0.15) is 0 Å². The Labute approximate surface area is 53.1 Å². The smallest absolute Gasteiger partial charge is 0.222 e. The number of aliphatic imine (C=N–C) groups is 2. The van der Waals surface area contributed by atoms with Crippen molar-refractivity contribution in [3.8, 4) is 0 Å². The van der Waals surface area contributed by atoms with Crippen LogP contribution < -0.4 is 0 Å². The topological polar surface area (TPSA) is 34.0 Å². The molecule has 0 fully saturated rings. The maximum atomic E-state index is 4.88. The fraction of sp³-hybridized carbons (Fsp3) is 0. The molecule has 0 aromatic carbocycles. The van der Waals surface area contributed by atoms with Gasteiger partial charge in [-0.3, -0.25) is 0 Å². The summed E-state index contributed by atoms with van der Waals surface area (Å²) in [4.78, 5) is 7.26. The molecule has 1 rings (SSSR count). The lowest BCUT2D eigenvalue weighted by atomic mass is 10.6. The van der Waals surface area contributed by atoms with Gasteiger partial charge in [0.05, 0.1) is 0 Å². The minimum Gasteiger partial charge on any atom is -0.421 e. The summed E-state index contributed by atoms with van der Waals surface area (Å²) in [5.41, 5.74) is 0. The highest BCUT2D eigenvalue weighted by molar-refractivity contribution is 5.73. The van der Waals surface area contributed by atoms with Crippen LogP contribution >= 0.6 is 0 Å². The summed E-state index contributed by atoms with van der Waals surface area (Å²) in [6, 6.07) is 0. The summed E-state index contributed by atoms with van der Waals surface area (Å²) < 4.78 is 4.88. The van der Waals surface area contributed by atoms with Crippen molar-refractivity contribution in [3.63, 3.8) is 0 Å². The Kier molecular flexibility index (Phi) is 1.44. The van der Waals surface area contributed by atoms with Gasteiger partial charge >= 0.3 is 0 Å². The summed E-state index contributed by atoms with van der Waals surface area (Å²) in [6.07, 6.45) is 3.18. The van der Waals surface area contributed by atoms with Gasteiger partial charge in [-0.1, -0.05) is 0 Å². The summed E-state index contributed by atoms with van der Waals surface area (Å²) >= 11 is 0. The van der Waals surface area contributed by atoms with Crippen LogP contribution in [0.25, 0.3) is 0 Å². The molecular weight excluding hydrogens is 116 g/mol. The minimum absolute atomic E-state index is 0.347. The van der Waals surface area contributed by atoms with E-state index >= 15 is 0 Å². The SMILES string of the molecule is C=NC1=CC=NC(=C)O1. The number of allylic oxidation sites excluding steroid dienone is 1. The molecule has 0 N–H and O–H groups in total. The molecule has 1 aliphatic heterocycles. The Morgan fingerprint density at radius 1 is 1.67 bits per heavy atom. The summed E-state index contributed by atoms with van der Waals surface area (Å²) in [5, 5.41) is 0. The fourth-order valence-electron chi connectivity index (χ4n) is 0.450. The van der Waals surface area contributed by atoms with Gasteiger partial charge in [-0.2, -0.15) is 0 Å². The summed E-state index contributed by atoms with van der Waals surface area (Å²) in [7, 11) is 0. The summed E-state index contributed by atoms with van der Waals surface area (Å²) in [6.45, 7) is 6.74. The van der Waals surface area contributed by atoms with E-state index < -0.39 is 0 Å². The lowest BCUT2D eigenvalue weighted by Crippen LogP contribution is -1.92. The van der Waals surface area contributed by atoms with Crippen molar-refractivity contribution in [2.24, 2.45) is 9.98 Å². The Bertz CT molecular complexity index is 203. The van der Waals surface area contributed by atoms with Crippen LogP contribution in [0.3, 0.4) is 0 Å². The van der Waals surface area contributed by atoms with E-state index in [0.717, 1.165) is 0 Å².